The number of carbonyl (C=O) groups excluding carboxylic acids is 1. The Morgan fingerprint density at radius 1 is 1.17 bits per heavy atom. The second-order valence-corrected chi connectivity index (χ2v) is 6.05. The van der Waals surface area contributed by atoms with E-state index in [0.29, 0.717) is 13.1 Å². The fraction of sp³-hybridized carbons (Fsp3) is 0.263. The molecule has 0 aliphatic rings. The molecule has 0 fully saturated rings. The normalized spacial score (nSPS) is 11.2. The van der Waals surface area contributed by atoms with Crippen LogP contribution < -0.4 is 5.32 Å². The van der Waals surface area contributed by atoms with Gasteiger partial charge in [0.05, 0.1) is 12.2 Å². The van der Waals surface area contributed by atoms with E-state index in [9.17, 15) is 4.79 Å². The van der Waals surface area contributed by atoms with Gasteiger partial charge in [0.25, 0.3) is 0 Å². The van der Waals surface area contributed by atoms with E-state index in [1.165, 1.54) is 0 Å². The van der Waals surface area contributed by atoms with E-state index in [0.717, 1.165) is 33.5 Å². The van der Waals surface area contributed by atoms with Gasteiger partial charge < -0.3 is 9.84 Å². The molecule has 2 aromatic carbocycles. The number of anilines is 1. The molecule has 0 unspecified atom stereocenters. The maximum Gasteiger partial charge on any atom is 0.238 e. The molecule has 0 saturated carbocycles. The summed E-state index contributed by atoms with van der Waals surface area (Å²) < 4.78 is 5.17. The van der Waals surface area contributed by atoms with Crippen molar-refractivity contribution < 1.29 is 9.32 Å². The van der Waals surface area contributed by atoms with E-state index in [1.54, 1.807) is 0 Å². The first-order valence-electron chi connectivity index (χ1n) is 7.92. The number of carbonyl (C=O) groups is 1. The number of nitrogens with zero attached hydrogens (tertiary/aromatic N) is 2. The second-order valence-electron chi connectivity index (χ2n) is 6.05. The van der Waals surface area contributed by atoms with Crippen molar-refractivity contribution in [3.8, 4) is 0 Å². The first kappa shape index (κ1) is 16.2. The molecule has 0 spiro atoms. The fourth-order valence-corrected chi connectivity index (χ4v) is 2.82. The van der Waals surface area contributed by atoms with Crippen LogP contribution in [0.25, 0.3) is 10.8 Å². The van der Waals surface area contributed by atoms with E-state index in [4.69, 9.17) is 4.52 Å². The summed E-state index contributed by atoms with van der Waals surface area (Å²) in [6.07, 6.45) is 0. The molecular formula is C19H21N3O2. The van der Waals surface area contributed by atoms with Crippen molar-refractivity contribution in [2.45, 2.75) is 20.4 Å². The number of hydrogen-bond donors (Lipinski definition) is 1. The molecule has 0 aliphatic heterocycles. The number of fused-ring (bicyclic) bond motifs is 1. The van der Waals surface area contributed by atoms with Crippen LogP contribution >= 0.6 is 0 Å². The Morgan fingerprint density at radius 2 is 1.92 bits per heavy atom. The third-order valence-corrected chi connectivity index (χ3v) is 4.09. The van der Waals surface area contributed by atoms with Gasteiger partial charge >= 0.3 is 0 Å². The largest absolute Gasteiger partial charge is 0.361 e. The number of nitrogens with one attached hydrogen (secondary N) is 1. The third-order valence-electron chi connectivity index (χ3n) is 4.09. The lowest BCUT2D eigenvalue weighted by atomic mass is 10.1. The number of hydrogen-bond acceptors (Lipinski definition) is 4. The van der Waals surface area contributed by atoms with Crippen LogP contribution in [0.2, 0.25) is 0 Å². The van der Waals surface area contributed by atoms with Gasteiger partial charge in [-0.3, -0.25) is 9.69 Å². The number of amides is 1. The molecule has 0 aliphatic carbocycles. The Balaban J connectivity index is 1.67. The van der Waals surface area contributed by atoms with Crippen LogP contribution in [0.4, 0.5) is 5.69 Å². The SMILES string of the molecule is Cc1noc(C)c1CN(C)CC(=O)Nc1cccc2ccccc12. The molecule has 3 aromatic rings. The molecule has 0 saturated heterocycles. The van der Waals surface area contributed by atoms with Crippen molar-refractivity contribution in [3.63, 3.8) is 0 Å². The predicted octanol–water partition coefficient (Wildman–Crippen LogP) is 3.52. The van der Waals surface area contributed by atoms with Crippen molar-refractivity contribution in [2.75, 3.05) is 18.9 Å². The van der Waals surface area contributed by atoms with E-state index < -0.39 is 0 Å². The lowest BCUT2D eigenvalue weighted by Gasteiger charge is -2.16. The molecule has 5 nitrogen and oxygen atoms in total. The van der Waals surface area contributed by atoms with E-state index in [2.05, 4.69) is 10.5 Å². The van der Waals surface area contributed by atoms with Gasteiger partial charge in [-0.15, -0.1) is 0 Å². The van der Waals surface area contributed by atoms with Crippen LogP contribution in [0.5, 0.6) is 0 Å². The van der Waals surface area contributed by atoms with Gasteiger partial charge in [-0.1, -0.05) is 41.6 Å². The fourth-order valence-electron chi connectivity index (χ4n) is 2.82. The third kappa shape index (κ3) is 3.46. The van der Waals surface area contributed by atoms with E-state index in [1.807, 2.05) is 68.3 Å². The van der Waals surface area contributed by atoms with Crippen molar-refractivity contribution in [2.24, 2.45) is 0 Å². The Kier molecular flexibility index (Phi) is 4.62. The monoisotopic (exact) mass is 323 g/mol. The van der Waals surface area contributed by atoms with Crippen LogP contribution in [0.3, 0.4) is 0 Å². The lowest BCUT2D eigenvalue weighted by Crippen LogP contribution is -2.30. The van der Waals surface area contributed by atoms with E-state index in [-0.39, 0.29) is 5.91 Å². The molecule has 0 radical (unpaired) electrons. The van der Waals surface area contributed by atoms with Gasteiger partial charge in [-0.2, -0.15) is 0 Å². The molecule has 24 heavy (non-hydrogen) atoms. The zero-order valence-corrected chi connectivity index (χ0v) is 14.2. The summed E-state index contributed by atoms with van der Waals surface area (Å²) in [7, 11) is 1.91. The van der Waals surface area contributed by atoms with Crippen LogP contribution in [-0.2, 0) is 11.3 Å². The standard InChI is InChI=1S/C19H21N3O2/c1-13-17(14(2)24-21-13)11-22(3)12-19(23)20-18-10-6-8-15-7-4-5-9-16(15)18/h4-10H,11-12H2,1-3H3,(H,20,23). The minimum atomic E-state index is -0.0411. The van der Waals surface area contributed by atoms with Gasteiger partial charge in [-0.25, -0.2) is 0 Å². The second kappa shape index (κ2) is 6.84. The first-order valence-corrected chi connectivity index (χ1v) is 7.92. The van der Waals surface area contributed by atoms with Gasteiger partial charge in [0.2, 0.25) is 5.91 Å². The maximum atomic E-state index is 12.4. The quantitative estimate of drug-likeness (QED) is 0.780. The van der Waals surface area contributed by atoms with Crippen molar-refractivity contribution >= 4 is 22.4 Å². The summed E-state index contributed by atoms with van der Waals surface area (Å²) >= 11 is 0. The van der Waals surface area contributed by atoms with Gasteiger partial charge in [0, 0.05) is 23.2 Å². The predicted molar refractivity (Wildman–Crippen MR) is 94.9 cm³/mol. The van der Waals surface area contributed by atoms with Crippen molar-refractivity contribution in [1.82, 2.24) is 10.1 Å². The number of benzene rings is 2. The summed E-state index contributed by atoms with van der Waals surface area (Å²) in [5, 5.41) is 9.11. The molecule has 1 heterocycles. The number of likely N-dealkylation sites (N-methyl/N-ethyl adjacent to an activating group) is 1. The summed E-state index contributed by atoms with van der Waals surface area (Å²) in [5.41, 5.74) is 2.74. The number of aryl methyl sites for hydroxylation is 2. The Labute approximate surface area is 141 Å². The maximum absolute atomic E-state index is 12.4. The minimum absolute atomic E-state index is 0.0411. The van der Waals surface area contributed by atoms with Crippen LogP contribution in [0, 0.1) is 13.8 Å². The van der Waals surface area contributed by atoms with Crippen molar-refractivity contribution in [3.05, 3.63) is 59.5 Å². The molecule has 1 amide bonds. The van der Waals surface area contributed by atoms with Crippen molar-refractivity contribution in [1.29, 1.82) is 0 Å². The first-order chi connectivity index (χ1) is 11.5. The van der Waals surface area contributed by atoms with Crippen LogP contribution in [0.1, 0.15) is 17.0 Å². The summed E-state index contributed by atoms with van der Waals surface area (Å²) in [6, 6.07) is 13.9. The molecule has 1 aromatic heterocycles. The van der Waals surface area contributed by atoms with Crippen LogP contribution in [-0.4, -0.2) is 29.6 Å². The highest BCUT2D eigenvalue weighted by atomic mass is 16.5. The highest BCUT2D eigenvalue weighted by Crippen LogP contribution is 2.23. The number of rotatable bonds is 5. The Morgan fingerprint density at radius 3 is 2.67 bits per heavy atom. The Hall–Kier alpha value is -2.66. The number of aromatic nitrogens is 1. The molecule has 0 atom stereocenters. The zero-order chi connectivity index (χ0) is 17.1. The minimum Gasteiger partial charge on any atom is -0.361 e. The molecule has 5 heteroatoms. The van der Waals surface area contributed by atoms with Gasteiger partial charge in [0.1, 0.15) is 5.76 Å². The average molecular weight is 323 g/mol. The molecule has 3 rings (SSSR count). The van der Waals surface area contributed by atoms with Gasteiger partial charge in [0.15, 0.2) is 0 Å². The smallest absolute Gasteiger partial charge is 0.238 e. The topological polar surface area (TPSA) is 58.4 Å². The molecule has 0 bridgehead atoms. The summed E-state index contributed by atoms with van der Waals surface area (Å²) in [5.74, 6) is 0.759. The van der Waals surface area contributed by atoms with Crippen LogP contribution in [0.15, 0.2) is 47.0 Å². The van der Waals surface area contributed by atoms with Gasteiger partial charge in [-0.05, 0) is 32.3 Å². The zero-order valence-electron chi connectivity index (χ0n) is 14.2. The molecular weight excluding hydrogens is 302 g/mol. The highest BCUT2D eigenvalue weighted by Gasteiger charge is 2.14. The Bertz CT molecular complexity index is 845. The average Bonchev–Trinajstić information content (AvgIpc) is 2.87. The highest BCUT2D eigenvalue weighted by molar-refractivity contribution is 6.02. The molecule has 124 valence electrons. The molecule has 1 N–H and O–H groups in total. The summed E-state index contributed by atoms with van der Waals surface area (Å²) in [6.45, 7) is 4.73. The summed E-state index contributed by atoms with van der Waals surface area (Å²) in [4.78, 5) is 14.3. The lowest BCUT2D eigenvalue weighted by molar-refractivity contribution is -0.117. The van der Waals surface area contributed by atoms with E-state index >= 15 is 0 Å².